The van der Waals surface area contributed by atoms with Gasteiger partial charge in [0.05, 0.1) is 11.3 Å². The monoisotopic (exact) mass is 308 g/mol. The maximum Gasteiger partial charge on any atom is 0.416 e. The summed E-state index contributed by atoms with van der Waals surface area (Å²) in [6, 6.07) is 8.63. The number of hydrogen-bond acceptors (Lipinski definition) is 4. The summed E-state index contributed by atoms with van der Waals surface area (Å²) in [5.41, 5.74) is 0.164. The maximum absolute atomic E-state index is 12.7. The van der Waals surface area contributed by atoms with Gasteiger partial charge >= 0.3 is 6.18 Å². The lowest BCUT2D eigenvalue weighted by Crippen LogP contribution is -2.43. The van der Waals surface area contributed by atoms with Gasteiger partial charge in [0.2, 0.25) is 0 Å². The third kappa shape index (κ3) is 3.19. The summed E-state index contributed by atoms with van der Waals surface area (Å²) < 4.78 is 38.2. The summed E-state index contributed by atoms with van der Waals surface area (Å²) in [7, 11) is 0. The predicted molar refractivity (Wildman–Crippen MR) is 77.6 cm³/mol. The molecule has 1 aromatic carbocycles. The van der Waals surface area contributed by atoms with Crippen LogP contribution in [0.25, 0.3) is 11.3 Å². The summed E-state index contributed by atoms with van der Waals surface area (Å²) >= 11 is 0. The molecule has 2 heterocycles. The normalized spacial score (nSPS) is 15.9. The van der Waals surface area contributed by atoms with E-state index in [4.69, 9.17) is 0 Å². The smallest absolute Gasteiger partial charge is 0.353 e. The van der Waals surface area contributed by atoms with Crippen molar-refractivity contribution in [3.05, 3.63) is 42.0 Å². The average Bonchev–Trinajstić information content (AvgIpc) is 2.55. The number of anilines is 1. The fourth-order valence-corrected chi connectivity index (χ4v) is 2.40. The summed E-state index contributed by atoms with van der Waals surface area (Å²) in [5.74, 6) is 0.747. The lowest BCUT2D eigenvalue weighted by Gasteiger charge is -2.27. The van der Waals surface area contributed by atoms with E-state index in [1.54, 1.807) is 18.2 Å². The predicted octanol–water partition coefficient (Wildman–Crippen LogP) is 2.57. The summed E-state index contributed by atoms with van der Waals surface area (Å²) in [4.78, 5) is 2.10. The summed E-state index contributed by atoms with van der Waals surface area (Å²) in [5, 5.41) is 11.5. The molecule has 0 spiro atoms. The Morgan fingerprint density at radius 2 is 1.77 bits per heavy atom. The molecule has 0 aliphatic carbocycles. The number of nitrogens with one attached hydrogen (secondary N) is 1. The highest BCUT2D eigenvalue weighted by Gasteiger charge is 2.30. The van der Waals surface area contributed by atoms with Crippen LogP contribution in [0.2, 0.25) is 0 Å². The molecule has 3 rings (SSSR count). The van der Waals surface area contributed by atoms with Crippen LogP contribution >= 0.6 is 0 Å². The highest BCUT2D eigenvalue weighted by molar-refractivity contribution is 5.61. The molecule has 0 unspecified atom stereocenters. The average molecular weight is 308 g/mol. The molecular formula is C15H15F3N4. The summed E-state index contributed by atoms with van der Waals surface area (Å²) in [6.07, 6.45) is -4.36. The second-order valence-electron chi connectivity index (χ2n) is 5.09. The molecule has 1 N–H and O–H groups in total. The van der Waals surface area contributed by atoms with Crippen molar-refractivity contribution in [2.45, 2.75) is 6.18 Å². The number of nitrogens with zero attached hydrogens (tertiary/aromatic N) is 3. The molecule has 1 aliphatic heterocycles. The molecule has 22 heavy (non-hydrogen) atoms. The molecule has 0 bridgehead atoms. The Morgan fingerprint density at radius 3 is 2.41 bits per heavy atom. The van der Waals surface area contributed by atoms with E-state index in [0.29, 0.717) is 11.3 Å². The van der Waals surface area contributed by atoms with E-state index < -0.39 is 11.7 Å². The Labute approximate surface area is 126 Å². The van der Waals surface area contributed by atoms with Crippen LogP contribution in [0.15, 0.2) is 36.4 Å². The molecule has 0 radical (unpaired) electrons. The molecule has 7 heteroatoms. The molecule has 1 aromatic heterocycles. The first kappa shape index (κ1) is 14.8. The number of hydrogen-bond donors (Lipinski definition) is 1. The van der Waals surface area contributed by atoms with Crippen LogP contribution in [0.3, 0.4) is 0 Å². The molecule has 4 nitrogen and oxygen atoms in total. The molecule has 116 valence electrons. The van der Waals surface area contributed by atoms with Gasteiger partial charge < -0.3 is 10.2 Å². The Hall–Kier alpha value is -2.15. The van der Waals surface area contributed by atoms with Crippen LogP contribution < -0.4 is 10.2 Å². The lowest BCUT2D eigenvalue weighted by molar-refractivity contribution is -0.137. The molecular weight excluding hydrogens is 293 g/mol. The van der Waals surface area contributed by atoms with E-state index in [1.807, 2.05) is 0 Å². The second kappa shape index (κ2) is 5.92. The number of piperazine rings is 1. The largest absolute Gasteiger partial charge is 0.416 e. The zero-order chi connectivity index (χ0) is 15.6. The quantitative estimate of drug-likeness (QED) is 0.926. The minimum Gasteiger partial charge on any atom is -0.353 e. The van der Waals surface area contributed by atoms with Crippen LogP contribution in [0, 0.1) is 0 Å². The van der Waals surface area contributed by atoms with E-state index in [-0.39, 0.29) is 0 Å². The minimum absolute atomic E-state index is 0.411. The number of rotatable bonds is 2. The zero-order valence-corrected chi connectivity index (χ0v) is 11.8. The van der Waals surface area contributed by atoms with E-state index in [0.717, 1.165) is 44.1 Å². The first-order valence-corrected chi connectivity index (χ1v) is 7.01. The van der Waals surface area contributed by atoms with Gasteiger partial charge in [0.15, 0.2) is 5.82 Å². The summed E-state index contributed by atoms with van der Waals surface area (Å²) in [6.45, 7) is 3.46. The third-order valence-corrected chi connectivity index (χ3v) is 3.58. The van der Waals surface area contributed by atoms with Crippen molar-refractivity contribution < 1.29 is 13.2 Å². The van der Waals surface area contributed by atoms with Crippen molar-refractivity contribution in [2.24, 2.45) is 0 Å². The van der Waals surface area contributed by atoms with E-state index in [2.05, 4.69) is 20.4 Å². The number of alkyl halides is 3. The van der Waals surface area contributed by atoms with Crippen LogP contribution in [0.5, 0.6) is 0 Å². The third-order valence-electron chi connectivity index (χ3n) is 3.58. The van der Waals surface area contributed by atoms with Gasteiger partial charge in [-0.2, -0.15) is 13.2 Å². The highest BCUT2D eigenvalue weighted by Crippen LogP contribution is 2.31. The number of aromatic nitrogens is 2. The molecule has 1 saturated heterocycles. The van der Waals surface area contributed by atoms with Crippen molar-refractivity contribution >= 4 is 5.82 Å². The zero-order valence-electron chi connectivity index (χ0n) is 11.8. The van der Waals surface area contributed by atoms with Gasteiger partial charge in [0.25, 0.3) is 0 Å². The molecule has 0 amide bonds. The fraction of sp³-hybridized carbons (Fsp3) is 0.333. The van der Waals surface area contributed by atoms with E-state index >= 15 is 0 Å². The van der Waals surface area contributed by atoms with Crippen LogP contribution in [0.1, 0.15) is 5.56 Å². The van der Waals surface area contributed by atoms with Crippen LogP contribution in [-0.2, 0) is 6.18 Å². The maximum atomic E-state index is 12.7. The standard InChI is InChI=1S/C15H15F3N4/c16-15(17,18)12-3-1-2-11(10-12)13-4-5-14(21-20-13)22-8-6-19-7-9-22/h1-5,10,19H,6-9H2. The van der Waals surface area contributed by atoms with Crippen molar-refractivity contribution in [3.8, 4) is 11.3 Å². The molecule has 1 fully saturated rings. The second-order valence-corrected chi connectivity index (χ2v) is 5.09. The van der Waals surface area contributed by atoms with Crippen LogP contribution in [-0.4, -0.2) is 36.4 Å². The fourth-order valence-electron chi connectivity index (χ4n) is 2.40. The Balaban J connectivity index is 1.83. The van der Waals surface area contributed by atoms with Gasteiger partial charge in [0, 0.05) is 31.7 Å². The lowest BCUT2D eigenvalue weighted by atomic mass is 10.1. The topological polar surface area (TPSA) is 41.0 Å². The van der Waals surface area contributed by atoms with Crippen molar-refractivity contribution in [3.63, 3.8) is 0 Å². The van der Waals surface area contributed by atoms with E-state index in [9.17, 15) is 13.2 Å². The van der Waals surface area contributed by atoms with Crippen molar-refractivity contribution in [1.29, 1.82) is 0 Å². The first-order chi connectivity index (χ1) is 10.5. The van der Waals surface area contributed by atoms with E-state index in [1.165, 1.54) is 6.07 Å². The molecule has 0 atom stereocenters. The molecule has 0 saturated carbocycles. The Morgan fingerprint density at radius 1 is 1.00 bits per heavy atom. The number of halogens is 3. The highest BCUT2D eigenvalue weighted by atomic mass is 19.4. The van der Waals surface area contributed by atoms with Gasteiger partial charge in [-0.1, -0.05) is 12.1 Å². The Bertz CT molecular complexity index is 634. The van der Waals surface area contributed by atoms with Gasteiger partial charge in [-0.25, -0.2) is 0 Å². The van der Waals surface area contributed by atoms with Gasteiger partial charge in [0.1, 0.15) is 0 Å². The van der Waals surface area contributed by atoms with Gasteiger partial charge in [-0.15, -0.1) is 10.2 Å². The van der Waals surface area contributed by atoms with Gasteiger partial charge in [-0.3, -0.25) is 0 Å². The Kier molecular flexibility index (Phi) is 3.98. The SMILES string of the molecule is FC(F)(F)c1cccc(-c2ccc(N3CCNCC3)nn2)c1. The molecule has 2 aromatic rings. The first-order valence-electron chi connectivity index (χ1n) is 7.01. The van der Waals surface area contributed by atoms with Gasteiger partial charge in [-0.05, 0) is 24.3 Å². The van der Waals surface area contributed by atoms with Crippen molar-refractivity contribution in [1.82, 2.24) is 15.5 Å². The number of benzene rings is 1. The van der Waals surface area contributed by atoms with Crippen molar-refractivity contribution in [2.75, 3.05) is 31.1 Å². The van der Waals surface area contributed by atoms with Crippen LogP contribution in [0.4, 0.5) is 19.0 Å². The minimum atomic E-state index is -4.36. The molecule has 1 aliphatic rings.